The fourth-order valence-corrected chi connectivity index (χ4v) is 0.904. The van der Waals surface area contributed by atoms with Crippen LogP contribution in [0.5, 0.6) is 0 Å². The summed E-state index contributed by atoms with van der Waals surface area (Å²) in [6.07, 6.45) is 1.83. The maximum absolute atomic E-state index is 5.66. The Bertz CT molecular complexity index is 228. The number of nitrogens with one attached hydrogen (secondary N) is 1. The molecule has 1 rings (SSSR count). The largest absolute Gasteiger partial charge is 0.394 e. The van der Waals surface area contributed by atoms with Crippen LogP contribution in [0.25, 0.3) is 0 Å². The van der Waals surface area contributed by atoms with Gasteiger partial charge in [0.1, 0.15) is 0 Å². The molecule has 0 saturated carbocycles. The third kappa shape index (κ3) is 1.63. The summed E-state index contributed by atoms with van der Waals surface area (Å²) >= 11 is 0. The predicted octanol–water partition coefficient (Wildman–Crippen LogP) is 0.917. The first-order chi connectivity index (χ1) is 5.27. The highest BCUT2D eigenvalue weighted by Gasteiger charge is 2.01. The van der Waals surface area contributed by atoms with Gasteiger partial charge in [-0.3, -0.25) is 4.68 Å². The van der Waals surface area contributed by atoms with Crippen molar-refractivity contribution in [1.29, 1.82) is 0 Å². The minimum absolute atomic E-state index is 0.716. The Morgan fingerprint density at radius 3 is 2.82 bits per heavy atom. The number of aryl methyl sites for hydroxylation is 1. The minimum atomic E-state index is 0.716. The fraction of sp³-hybridized carbons (Fsp3) is 0.571. The van der Waals surface area contributed by atoms with Crippen LogP contribution in [0.2, 0.25) is 0 Å². The molecule has 0 amide bonds. The second-order valence-electron chi connectivity index (χ2n) is 2.32. The summed E-state index contributed by atoms with van der Waals surface area (Å²) in [7, 11) is 0. The smallest absolute Gasteiger partial charge is 0.171 e. The molecule has 0 radical (unpaired) electrons. The summed E-state index contributed by atoms with van der Waals surface area (Å²) in [6.45, 7) is 5.76. The van der Waals surface area contributed by atoms with E-state index in [1.165, 1.54) is 0 Å². The number of nitrogens with two attached hydrogens (primary N) is 1. The van der Waals surface area contributed by atoms with Gasteiger partial charge < -0.3 is 11.1 Å². The summed E-state index contributed by atoms with van der Waals surface area (Å²) in [5, 5.41) is 7.27. The molecule has 1 aromatic rings. The number of hydrogen-bond donors (Lipinski definition) is 2. The van der Waals surface area contributed by atoms with Crippen LogP contribution in [0.4, 0.5) is 11.5 Å². The topological polar surface area (TPSA) is 55.9 Å². The van der Waals surface area contributed by atoms with E-state index in [1.807, 2.05) is 24.7 Å². The first-order valence-corrected chi connectivity index (χ1v) is 3.84. The molecule has 0 aliphatic rings. The van der Waals surface area contributed by atoms with E-state index in [-0.39, 0.29) is 0 Å². The van der Waals surface area contributed by atoms with E-state index in [0.29, 0.717) is 5.69 Å². The van der Waals surface area contributed by atoms with Gasteiger partial charge in [-0.15, -0.1) is 0 Å². The molecule has 4 nitrogen and oxygen atoms in total. The summed E-state index contributed by atoms with van der Waals surface area (Å²) in [5.74, 6) is 0.786. The van der Waals surface area contributed by atoms with Crippen molar-refractivity contribution in [2.24, 2.45) is 0 Å². The Morgan fingerprint density at radius 1 is 1.64 bits per heavy atom. The van der Waals surface area contributed by atoms with Gasteiger partial charge in [0.15, 0.2) is 5.82 Å². The lowest BCUT2D eigenvalue weighted by Gasteiger charge is -1.97. The Labute approximate surface area is 66.4 Å². The van der Waals surface area contributed by atoms with Crippen molar-refractivity contribution in [1.82, 2.24) is 9.78 Å². The normalized spacial score (nSPS) is 10.0. The zero-order chi connectivity index (χ0) is 8.27. The Morgan fingerprint density at radius 2 is 2.36 bits per heavy atom. The maximum atomic E-state index is 5.66. The van der Waals surface area contributed by atoms with E-state index in [4.69, 9.17) is 5.73 Å². The molecule has 0 aromatic carbocycles. The van der Waals surface area contributed by atoms with Crippen molar-refractivity contribution in [3.05, 3.63) is 6.20 Å². The van der Waals surface area contributed by atoms with Gasteiger partial charge in [-0.05, 0) is 13.8 Å². The molecule has 0 bridgehead atoms. The average molecular weight is 154 g/mol. The lowest BCUT2D eigenvalue weighted by molar-refractivity contribution is 0.661. The van der Waals surface area contributed by atoms with Gasteiger partial charge >= 0.3 is 0 Å². The third-order valence-electron chi connectivity index (χ3n) is 1.46. The molecule has 0 aliphatic heterocycles. The molecule has 0 unspecified atom stereocenters. The Kier molecular flexibility index (Phi) is 2.36. The zero-order valence-corrected chi connectivity index (χ0v) is 6.96. The zero-order valence-electron chi connectivity index (χ0n) is 6.96. The molecular formula is C7H14N4. The van der Waals surface area contributed by atoms with Gasteiger partial charge in [-0.2, -0.15) is 5.10 Å². The van der Waals surface area contributed by atoms with Crippen LogP contribution in [0.3, 0.4) is 0 Å². The van der Waals surface area contributed by atoms with Crippen molar-refractivity contribution < 1.29 is 0 Å². The molecule has 0 aliphatic carbocycles. The second-order valence-corrected chi connectivity index (χ2v) is 2.32. The summed E-state index contributed by atoms with van der Waals surface area (Å²) < 4.78 is 1.81. The van der Waals surface area contributed by atoms with Crippen LogP contribution in [0, 0.1) is 0 Å². The molecule has 1 heterocycles. The van der Waals surface area contributed by atoms with Crippen molar-refractivity contribution >= 4 is 11.5 Å². The lowest BCUT2D eigenvalue weighted by Crippen LogP contribution is -2.01. The van der Waals surface area contributed by atoms with Crippen LogP contribution in [0.1, 0.15) is 13.8 Å². The molecule has 0 atom stereocenters. The summed E-state index contributed by atoms with van der Waals surface area (Å²) in [4.78, 5) is 0. The van der Waals surface area contributed by atoms with Crippen molar-refractivity contribution in [3.8, 4) is 0 Å². The van der Waals surface area contributed by atoms with E-state index in [2.05, 4.69) is 10.4 Å². The first kappa shape index (κ1) is 7.91. The van der Waals surface area contributed by atoms with E-state index in [9.17, 15) is 0 Å². The molecular weight excluding hydrogens is 140 g/mol. The van der Waals surface area contributed by atoms with Crippen molar-refractivity contribution in [2.45, 2.75) is 20.4 Å². The molecule has 1 aromatic heterocycles. The number of nitrogen functional groups attached to an aromatic ring is 1. The third-order valence-corrected chi connectivity index (χ3v) is 1.46. The first-order valence-electron chi connectivity index (χ1n) is 3.84. The van der Waals surface area contributed by atoms with Crippen LogP contribution in [-0.2, 0) is 6.54 Å². The van der Waals surface area contributed by atoms with Crippen LogP contribution < -0.4 is 11.1 Å². The SMILES string of the molecule is CCNc1nn(CC)cc1N. The van der Waals surface area contributed by atoms with Gasteiger partial charge in [-0.1, -0.05) is 0 Å². The number of nitrogens with zero attached hydrogens (tertiary/aromatic N) is 2. The monoisotopic (exact) mass is 154 g/mol. The molecule has 11 heavy (non-hydrogen) atoms. The molecule has 0 fully saturated rings. The standard InChI is InChI=1S/C7H14N4/c1-3-9-7-6(8)5-11(4-2)10-7/h5H,3-4,8H2,1-2H3,(H,9,10). The van der Waals surface area contributed by atoms with E-state index < -0.39 is 0 Å². The maximum Gasteiger partial charge on any atom is 0.171 e. The molecule has 3 N–H and O–H groups in total. The van der Waals surface area contributed by atoms with Gasteiger partial charge in [0.2, 0.25) is 0 Å². The van der Waals surface area contributed by atoms with Crippen molar-refractivity contribution in [2.75, 3.05) is 17.6 Å². The van der Waals surface area contributed by atoms with Gasteiger partial charge in [0.25, 0.3) is 0 Å². The van der Waals surface area contributed by atoms with E-state index in [0.717, 1.165) is 18.9 Å². The van der Waals surface area contributed by atoms with Crippen LogP contribution in [-0.4, -0.2) is 16.3 Å². The van der Waals surface area contributed by atoms with Gasteiger partial charge in [-0.25, -0.2) is 0 Å². The molecule has 4 heteroatoms. The predicted molar refractivity (Wildman–Crippen MR) is 46.5 cm³/mol. The van der Waals surface area contributed by atoms with Crippen LogP contribution in [0.15, 0.2) is 6.20 Å². The lowest BCUT2D eigenvalue weighted by atomic mass is 10.5. The summed E-state index contributed by atoms with van der Waals surface area (Å²) in [6, 6.07) is 0. The van der Waals surface area contributed by atoms with E-state index >= 15 is 0 Å². The fourth-order valence-electron chi connectivity index (χ4n) is 0.904. The molecule has 0 saturated heterocycles. The number of anilines is 2. The average Bonchev–Trinajstić information content (AvgIpc) is 2.33. The van der Waals surface area contributed by atoms with Crippen molar-refractivity contribution in [3.63, 3.8) is 0 Å². The molecule has 0 spiro atoms. The summed E-state index contributed by atoms with van der Waals surface area (Å²) in [5.41, 5.74) is 6.37. The minimum Gasteiger partial charge on any atom is -0.394 e. The highest BCUT2D eigenvalue weighted by atomic mass is 15.3. The van der Waals surface area contributed by atoms with Crippen LogP contribution >= 0.6 is 0 Å². The second kappa shape index (κ2) is 3.27. The molecule has 62 valence electrons. The number of rotatable bonds is 3. The number of aromatic nitrogens is 2. The highest BCUT2D eigenvalue weighted by molar-refractivity contribution is 5.59. The van der Waals surface area contributed by atoms with Gasteiger partial charge in [0.05, 0.1) is 11.9 Å². The number of hydrogen-bond acceptors (Lipinski definition) is 3. The Hall–Kier alpha value is -1.19. The Balaban J connectivity index is 2.79. The highest BCUT2D eigenvalue weighted by Crippen LogP contribution is 2.13. The van der Waals surface area contributed by atoms with Gasteiger partial charge in [0, 0.05) is 13.1 Å². The quantitative estimate of drug-likeness (QED) is 0.680. The van der Waals surface area contributed by atoms with E-state index in [1.54, 1.807) is 0 Å².